The van der Waals surface area contributed by atoms with E-state index in [0.717, 1.165) is 26.4 Å². The van der Waals surface area contributed by atoms with Gasteiger partial charge in [0.2, 0.25) is 11.0 Å². The van der Waals surface area contributed by atoms with Crippen LogP contribution in [0.15, 0.2) is 52.9 Å². The van der Waals surface area contributed by atoms with Gasteiger partial charge in [0, 0.05) is 6.08 Å². The molecule has 4 nitrogen and oxygen atoms in total. The van der Waals surface area contributed by atoms with E-state index in [-0.39, 0.29) is 5.91 Å². The first-order chi connectivity index (χ1) is 11.3. The first kappa shape index (κ1) is 15.7. The van der Waals surface area contributed by atoms with Crippen LogP contribution < -0.4 is 5.32 Å². The van der Waals surface area contributed by atoms with Crippen molar-refractivity contribution in [3.63, 3.8) is 0 Å². The van der Waals surface area contributed by atoms with Gasteiger partial charge < -0.3 is 0 Å². The van der Waals surface area contributed by atoms with Gasteiger partial charge in [-0.15, -0.1) is 10.2 Å². The second-order valence-corrected chi connectivity index (χ2v) is 7.19. The van der Waals surface area contributed by atoms with Gasteiger partial charge in [0.1, 0.15) is 0 Å². The quantitative estimate of drug-likeness (QED) is 0.423. The Morgan fingerprint density at radius 3 is 2.91 bits per heavy atom. The number of aromatic nitrogens is 2. The summed E-state index contributed by atoms with van der Waals surface area (Å²) in [6, 6.07) is 14.1. The molecule has 1 aromatic heterocycles. The van der Waals surface area contributed by atoms with E-state index >= 15 is 0 Å². The minimum atomic E-state index is -0.206. The largest absolute Gasteiger partial charge is 0.297 e. The maximum atomic E-state index is 12.0. The monoisotopic (exact) mass is 341 g/mol. The fourth-order valence-electron chi connectivity index (χ4n) is 2.15. The molecule has 0 aliphatic carbocycles. The lowest BCUT2D eigenvalue weighted by molar-refractivity contribution is -0.111. The number of hydrogen-bond donors (Lipinski definition) is 1. The molecule has 23 heavy (non-hydrogen) atoms. The number of rotatable bonds is 5. The van der Waals surface area contributed by atoms with Crippen LogP contribution in [0.25, 0.3) is 16.8 Å². The van der Waals surface area contributed by atoms with Crippen molar-refractivity contribution < 1.29 is 4.79 Å². The number of carbonyl (C=O) groups excluding carboxylic acids is 1. The Hall–Kier alpha value is -2.18. The highest BCUT2D eigenvalue weighted by Gasteiger charge is 2.06. The summed E-state index contributed by atoms with van der Waals surface area (Å²) in [7, 11) is 0. The summed E-state index contributed by atoms with van der Waals surface area (Å²) in [5, 5.41) is 13.5. The molecule has 0 aliphatic rings. The molecule has 2 aromatic carbocycles. The Morgan fingerprint density at radius 1 is 1.22 bits per heavy atom. The van der Waals surface area contributed by atoms with E-state index in [1.165, 1.54) is 17.4 Å². The van der Waals surface area contributed by atoms with Gasteiger partial charge in [-0.3, -0.25) is 10.1 Å². The number of benzene rings is 2. The van der Waals surface area contributed by atoms with E-state index in [0.29, 0.717) is 5.13 Å². The summed E-state index contributed by atoms with van der Waals surface area (Å²) in [4.78, 5) is 12.0. The average molecular weight is 341 g/mol. The van der Waals surface area contributed by atoms with Crippen LogP contribution in [-0.2, 0) is 4.79 Å². The van der Waals surface area contributed by atoms with E-state index in [1.54, 1.807) is 11.8 Å². The Bertz CT molecular complexity index is 852. The fraction of sp³-hybridized carbons (Fsp3) is 0.118. The fourth-order valence-corrected chi connectivity index (χ4v) is 3.80. The number of fused-ring (bicyclic) bond motifs is 1. The number of thioether (sulfide) groups is 1. The molecule has 0 bridgehead atoms. The second-order valence-electron chi connectivity index (χ2n) is 4.70. The van der Waals surface area contributed by atoms with Gasteiger partial charge in [0.05, 0.1) is 0 Å². The predicted octanol–water partition coefficient (Wildman–Crippen LogP) is 4.46. The van der Waals surface area contributed by atoms with Crippen LogP contribution in [0.5, 0.6) is 0 Å². The molecule has 0 saturated heterocycles. The summed E-state index contributed by atoms with van der Waals surface area (Å²) >= 11 is 3.00. The van der Waals surface area contributed by atoms with Gasteiger partial charge in [-0.2, -0.15) is 0 Å². The molecule has 0 unspecified atom stereocenters. The molecule has 0 fully saturated rings. The van der Waals surface area contributed by atoms with Crippen molar-refractivity contribution in [1.29, 1.82) is 0 Å². The third kappa shape index (κ3) is 3.97. The number of nitrogens with one attached hydrogen (secondary N) is 1. The zero-order chi connectivity index (χ0) is 16.1. The smallest absolute Gasteiger partial charge is 0.250 e. The van der Waals surface area contributed by atoms with Crippen LogP contribution in [0.1, 0.15) is 12.5 Å². The van der Waals surface area contributed by atoms with Gasteiger partial charge >= 0.3 is 0 Å². The minimum absolute atomic E-state index is 0.206. The van der Waals surface area contributed by atoms with Gasteiger partial charge in [-0.05, 0) is 28.2 Å². The van der Waals surface area contributed by atoms with Gasteiger partial charge in [-0.25, -0.2) is 0 Å². The van der Waals surface area contributed by atoms with Crippen molar-refractivity contribution in [2.24, 2.45) is 0 Å². The van der Waals surface area contributed by atoms with E-state index in [4.69, 9.17) is 0 Å². The minimum Gasteiger partial charge on any atom is -0.297 e. The molecule has 0 aliphatic heterocycles. The summed E-state index contributed by atoms with van der Waals surface area (Å²) in [5.74, 6) is 0.728. The third-order valence-corrected chi connectivity index (χ3v) is 5.00. The maximum absolute atomic E-state index is 12.0. The van der Waals surface area contributed by atoms with Crippen LogP contribution in [-0.4, -0.2) is 21.9 Å². The second kappa shape index (κ2) is 7.39. The summed E-state index contributed by atoms with van der Waals surface area (Å²) in [6.45, 7) is 2.05. The van der Waals surface area contributed by atoms with Crippen LogP contribution in [0.3, 0.4) is 0 Å². The topological polar surface area (TPSA) is 54.9 Å². The van der Waals surface area contributed by atoms with Crippen molar-refractivity contribution in [1.82, 2.24) is 10.2 Å². The first-order valence-corrected chi connectivity index (χ1v) is 8.99. The molecule has 116 valence electrons. The normalized spacial score (nSPS) is 11.2. The molecule has 6 heteroatoms. The van der Waals surface area contributed by atoms with Crippen LogP contribution in [0, 0.1) is 0 Å². The molecule has 0 spiro atoms. The van der Waals surface area contributed by atoms with Crippen molar-refractivity contribution in [3.8, 4) is 0 Å². The molecule has 1 N–H and O–H groups in total. The van der Waals surface area contributed by atoms with Crippen LogP contribution >= 0.6 is 23.1 Å². The van der Waals surface area contributed by atoms with Crippen molar-refractivity contribution >= 4 is 51.0 Å². The Balaban J connectivity index is 1.72. The molecule has 3 rings (SSSR count). The van der Waals surface area contributed by atoms with Gasteiger partial charge in [-0.1, -0.05) is 72.5 Å². The lowest BCUT2D eigenvalue weighted by atomic mass is 10.0. The third-order valence-electron chi connectivity index (χ3n) is 3.14. The molecular weight excluding hydrogens is 326 g/mol. The maximum Gasteiger partial charge on any atom is 0.250 e. The van der Waals surface area contributed by atoms with E-state index in [2.05, 4.69) is 34.6 Å². The molecular formula is C17H15N3OS2. The lowest BCUT2D eigenvalue weighted by Gasteiger charge is -2.01. The number of nitrogens with zero attached hydrogens (tertiary/aromatic N) is 2. The van der Waals surface area contributed by atoms with E-state index in [9.17, 15) is 4.79 Å². The highest BCUT2D eigenvalue weighted by Crippen LogP contribution is 2.25. The molecule has 0 radical (unpaired) electrons. The summed E-state index contributed by atoms with van der Waals surface area (Å²) in [6.07, 6.45) is 3.34. The van der Waals surface area contributed by atoms with Crippen molar-refractivity contribution in [3.05, 3.63) is 54.1 Å². The highest BCUT2D eigenvalue weighted by atomic mass is 32.2. The Kier molecular flexibility index (Phi) is 5.05. The number of anilines is 1. The summed E-state index contributed by atoms with van der Waals surface area (Å²) < 4.78 is 0.862. The van der Waals surface area contributed by atoms with Crippen LogP contribution in [0.4, 0.5) is 5.13 Å². The first-order valence-electron chi connectivity index (χ1n) is 7.19. The zero-order valence-corrected chi connectivity index (χ0v) is 14.2. The standard InChI is InChI=1S/C17H15N3OS2/c1-2-22-17-20-19-16(23-17)18-15(21)11-10-13-8-5-7-12-6-3-4-9-14(12)13/h3-11H,2H2,1H3,(H,18,19,21). The molecule has 3 aromatic rings. The Morgan fingerprint density at radius 2 is 2.04 bits per heavy atom. The lowest BCUT2D eigenvalue weighted by Crippen LogP contribution is -2.07. The van der Waals surface area contributed by atoms with Gasteiger partial charge in [0.15, 0.2) is 4.34 Å². The molecule has 1 heterocycles. The Labute approximate surface area is 142 Å². The average Bonchev–Trinajstić information content (AvgIpc) is 3.00. The van der Waals surface area contributed by atoms with Crippen LogP contribution in [0.2, 0.25) is 0 Å². The zero-order valence-electron chi connectivity index (χ0n) is 12.5. The number of amides is 1. The molecule has 0 atom stereocenters. The van der Waals surface area contributed by atoms with Crippen molar-refractivity contribution in [2.45, 2.75) is 11.3 Å². The predicted molar refractivity (Wildman–Crippen MR) is 97.9 cm³/mol. The molecule has 1 amide bonds. The summed E-state index contributed by atoms with van der Waals surface area (Å²) in [5.41, 5.74) is 1.01. The number of carbonyl (C=O) groups is 1. The van der Waals surface area contributed by atoms with Crippen molar-refractivity contribution in [2.75, 3.05) is 11.1 Å². The SMILES string of the molecule is CCSc1nnc(NC(=O)C=Cc2cccc3ccccc23)s1. The van der Waals surface area contributed by atoms with Gasteiger partial charge in [0.25, 0.3) is 0 Å². The molecule has 0 saturated carbocycles. The van der Waals surface area contributed by atoms with E-state index in [1.807, 2.05) is 36.4 Å². The highest BCUT2D eigenvalue weighted by molar-refractivity contribution is 8.01. The number of hydrogen-bond acceptors (Lipinski definition) is 5. The van der Waals surface area contributed by atoms with E-state index < -0.39 is 0 Å².